The maximum Gasteiger partial charge on any atom is 0.128 e. The number of hydrogen-bond donors (Lipinski definition) is 1. The molecule has 0 aliphatic heterocycles. The van der Waals surface area contributed by atoms with E-state index in [0.717, 1.165) is 25.3 Å². The summed E-state index contributed by atoms with van der Waals surface area (Å²) in [4.78, 5) is 10.8. The molecule has 0 atom stereocenters. The molecule has 0 unspecified atom stereocenters. The Labute approximate surface area is 107 Å². The van der Waals surface area contributed by atoms with E-state index in [1.165, 1.54) is 5.56 Å². The Morgan fingerprint density at radius 3 is 2.72 bits per heavy atom. The zero-order chi connectivity index (χ0) is 12.6. The highest BCUT2D eigenvalue weighted by molar-refractivity contribution is 5.38. The number of anilines is 1. The lowest BCUT2D eigenvalue weighted by Crippen LogP contribution is -2.26. The molecule has 4 heteroatoms. The number of nitrogens with zero attached hydrogens (tertiary/aromatic N) is 3. The van der Waals surface area contributed by atoms with Crippen LogP contribution in [0.3, 0.4) is 0 Å². The summed E-state index contributed by atoms with van der Waals surface area (Å²) in [6.07, 6.45) is 6.44. The molecular weight excluding hydrogens is 224 g/mol. The fourth-order valence-corrected chi connectivity index (χ4v) is 1.81. The molecule has 2 rings (SSSR count). The second-order valence-electron chi connectivity index (χ2n) is 4.11. The molecule has 0 aliphatic carbocycles. The Morgan fingerprint density at radius 2 is 2.06 bits per heavy atom. The van der Waals surface area contributed by atoms with Gasteiger partial charge in [-0.05, 0) is 36.7 Å². The zero-order valence-electron chi connectivity index (χ0n) is 10.4. The summed E-state index contributed by atoms with van der Waals surface area (Å²) in [5, 5.41) is 0. The van der Waals surface area contributed by atoms with Crippen LogP contribution in [0.4, 0.5) is 5.82 Å². The van der Waals surface area contributed by atoms with Crippen molar-refractivity contribution in [3.8, 4) is 0 Å². The molecule has 0 aromatic carbocycles. The van der Waals surface area contributed by atoms with Crippen LogP contribution in [-0.4, -0.2) is 23.1 Å². The van der Waals surface area contributed by atoms with Gasteiger partial charge >= 0.3 is 0 Å². The van der Waals surface area contributed by atoms with E-state index in [1.807, 2.05) is 36.7 Å². The van der Waals surface area contributed by atoms with Gasteiger partial charge in [0.05, 0.1) is 0 Å². The predicted molar refractivity (Wildman–Crippen MR) is 73.2 cm³/mol. The molecule has 2 aromatic rings. The van der Waals surface area contributed by atoms with Crippen LogP contribution in [0.1, 0.15) is 12.0 Å². The summed E-state index contributed by atoms with van der Waals surface area (Å²) in [5.74, 6) is 0.981. The van der Waals surface area contributed by atoms with Gasteiger partial charge in [-0.2, -0.15) is 0 Å². The van der Waals surface area contributed by atoms with Crippen molar-refractivity contribution in [3.05, 3.63) is 54.5 Å². The van der Waals surface area contributed by atoms with E-state index in [9.17, 15) is 0 Å². The standard InChI is InChI=1S/C14H18N4/c15-7-4-10-18(14-6-1-2-9-17-14)12-13-5-3-8-16-11-13/h1-3,5-6,8-9,11H,4,7,10,12,15H2. The monoisotopic (exact) mass is 242 g/mol. The highest BCUT2D eigenvalue weighted by atomic mass is 15.2. The summed E-state index contributed by atoms with van der Waals surface area (Å²) in [5.41, 5.74) is 6.77. The molecule has 0 amide bonds. The van der Waals surface area contributed by atoms with Crippen LogP contribution in [-0.2, 0) is 6.54 Å². The lowest BCUT2D eigenvalue weighted by Gasteiger charge is -2.23. The van der Waals surface area contributed by atoms with Crippen molar-refractivity contribution in [3.63, 3.8) is 0 Å². The quantitative estimate of drug-likeness (QED) is 0.839. The van der Waals surface area contributed by atoms with Gasteiger partial charge in [-0.25, -0.2) is 4.98 Å². The Kier molecular flexibility index (Phi) is 4.67. The van der Waals surface area contributed by atoms with Gasteiger partial charge in [0, 0.05) is 31.7 Å². The average molecular weight is 242 g/mol. The molecular formula is C14H18N4. The number of rotatable bonds is 6. The molecule has 18 heavy (non-hydrogen) atoms. The van der Waals surface area contributed by atoms with E-state index in [2.05, 4.69) is 20.9 Å². The van der Waals surface area contributed by atoms with Crippen LogP contribution in [0.25, 0.3) is 0 Å². The highest BCUT2D eigenvalue weighted by Gasteiger charge is 2.07. The Bertz CT molecular complexity index is 444. The minimum Gasteiger partial charge on any atom is -0.352 e. The fraction of sp³-hybridized carbons (Fsp3) is 0.286. The molecule has 2 N–H and O–H groups in total. The lowest BCUT2D eigenvalue weighted by atomic mass is 10.2. The van der Waals surface area contributed by atoms with Gasteiger partial charge in [-0.1, -0.05) is 12.1 Å². The predicted octanol–water partition coefficient (Wildman–Crippen LogP) is 1.83. The maximum absolute atomic E-state index is 5.59. The minimum atomic E-state index is 0.691. The first-order valence-electron chi connectivity index (χ1n) is 6.15. The lowest BCUT2D eigenvalue weighted by molar-refractivity contribution is 0.725. The van der Waals surface area contributed by atoms with Crippen LogP contribution >= 0.6 is 0 Å². The van der Waals surface area contributed by atoms with Gasteiger partial charge in [-0.15, -0.1) is 0 Å². The molecule has 0 aliphatic rings. The molecule has 2 heterocycles. The summed E-state index contributed by atoms with van der Waals surface area (Å²) < 4.78 is 0. The van der Waals surface area contributed by atoms with Crippen LogP contribution in [0.15, 0.2) is 48.9 Å². The van der Waals surface area contributed by atoms with Crippen LogP contribution in [0, 0.1) is 0 Å². The SMILES string of the molecule is NCCCN(Cc1cccnc1)c1ccccn1. The average Bonchev–Trinajstić information content (AvgIpc) is 2.45. The van der Waals surface area contributed by atoms with Crippen LogP contribution in [0.2, 0.25) is 0 Å². The molecule has 94 valence electrons. The number of pyridine rings is 2. The van der Waals surface area contributed by atoms with Crippen molar-refractivity contribution in [1.82, 2.24) is 9.97 Å². The zero-order valence-corrected chi connectivity index (χ0v) is 10.4. The Morgan fingerprint density at radius 1 is 1.11 bits per heavy atom. The van der Waals surface area contributed by atoms with Crippen molar-refractivity contribution < 1.29 is 0 Å². The largest absolute Gasteiger partial charge is 0.352 e. The first kappa shape index (κ1) is 12.5. The first-order chi connectivity index (χ1) is 8.90. The summed E-state index contributed by atoms with van der Waals surface area (Å²) in [6, 6.07) is 9.98. The van der Waals surface area contributed by atoms with E-state index < -0.39 is 0 Å². The second-order valence-corrected chi connectivity index (χ2v) is 4.11. The van der Waals surface area contributed by atoms with Crippen molar-refractivity contribution in [1.29, 1.82) is 0 Å². The number of aromatic nitrogens is 2. The van der Waals surface area contributed by atoms with Gasteiger partial charge in [0.1, 0.15) is 5.82 Å². The van der Waals surface area contributed by atoms with Gasteiger partial charge < -0.3 is 10.6 Å². The second kappa shape index (κ2) is 6.71. The third-order valence-electron chi connectivity index (χ3n) is 2.70. The normalized spacial score (nSPS) is 10.3. The highest BCUT2D eigenvalue weighted by Crippen LogP contribution is 2.13. The summed E-state index contributed by atoms with van der Waals surface area (Å²) >= 11 is 0. The van der Waals surface area contributed by atoms with Crippen molar-refractivity contribution >= 4 is 5.82 Å². The molecule has 0 saturated carbocycles. The van der Waals surface area contributed by atoms with Gasteiger partial charge in [0.15, 0.2) is 0 Å². The van der Waals surface area contributed by atoms with E-state index in [1.54, 1.807) is 6.20 Å². The van der Waals surface area contributed by atoms with E-state index in [4.69, 9.17) is 5.73 Å². The Balaban J connectivity index is 2.10. The molecule has 0 saturated heterocycles. The summed E-state index contributed by atoms with van der Waals surface area (Å²) in [7, 11) is 0. The number of nitrogens with two attached hydrogens (primary N) is 1. The third-order valence-corrected chi connectivity index (χ3v) is 2.70. The molecule has 0 fully saturated rings. The van der Waals surface area contributed by atoms with Gasteiger partial charge in [-0.3, -0.25) is 4.98 Å². The van der Waals surface area contributed by atoms with E-state index in [-0.39, 0.29) is 0 Å². The topological polar surface area (TPSA) is 55.0 Å². The molecule has 4 nitrogen and oxygen atoms in total. The maximum atomic E-state index is 5.59. The Hall–Kier alpha value is -1.94. The van der Waals surface area contributed by atoms with Crippen molar-refractivity contribution in [2.24, 2.45) is 5.73 Å². The molecule has 2 aromatic heterocycles. The van der Waals surface area contributed by atoms with Crippen molar-refractivity contribution in [2.45, 2.75) is 13.0 Å². The van der Waals surface area contributed by atoms with Crippen LogP contribution in [0.5, 0.6) is 0 Å². The minimum absolute atomic E-state index is 0.691. The van der Waals surface area contributed by atoms with Crippen molar-refractivity contribution in [2.75, 3.05) is 18.0 Å². The first-order valence-corrected chi connectivity index (χ1v) is 6.15. The van der Waals surface area contributed by atoms with Gasteiger partial charge in [0.2, 0.25) is 0 Å². The number of hydrogen-bond acceptors (Lipinski definition) is 4. The van der Waals surface area contributed by atoms with E-state index in [0.29, 0.717) is 6.54 Å². The molecule has 0 bridgehead atoms. The van der Waals surface area contributed by atoms with Crippen LogP contribution < -0.4 is 10.6 Å². The molecule has 0 radical (unpaired) electrons. The van der Waals surface area contributed by atoms with E-state index >= 15 is 0 Å². The summed E-state index contributed by atoms with van der Waals surface area (Å²) in [6.45, 7) is 2.41. The van der Waals surface area contributed by atoms with Gasteiger partial charge in [0.25, 0.3) is 0 Å². The smallest absolute Gasteiger partial charge is 0.128 e. The third kappa shape index (κ3) is 3.53. The molecule has 0 spiro atoms. The fourth-order valence-electron chi connectivity index (χ4n) is 1.81.